The number of carbonyl (C=O) groups is 1. The Bertz CT molecular complexity index is 413. The Morgan fingerprint density at radius 3 is 2.62 bits per heavy atom. The highest BCUT2D eigenvalue weighted by atomic mass is 16.1. The SMILES string of the molecule is CCN(c1ccc(C(N)=O)cc1N)C1CC1. The van der Waals surface area contributed by atoms with Crippen molar-refractivity contribution in [3.63, 3.8) is 0 Å². The van der Waals surface area contributed by atoms with Crippen LogP contribution in [0.2, 0.25) is 0 Å². The van der Waals surface area contributed by atoms with Gasteiger partial charge in [0, 0.05) is 18.2 Å². The highest BCUT2D eigenvalue weighted by Crippen LogP contribution is 2.34. The Hall–Kier alpha value is -1.71. The normalized spacial score (nSPS) is 14.8. The van der Waals surface area contributed by atoms with Gasteiger partial charge in [-0.3, -0.25) is 4.79 Å². The van der Waals surface area contributed by atoms with Crippen molar-refractivity contribution in [1.82, 2.24) is 0 Å². The minimum Gasteiger partial charge on any atom is -0.397 e. The van der Waals surface area contributed by atoms with Crippen molar-refractivity contribution >= 4 is 17.3 Å². The fraction of sp³-hybridized carbons (Fsp3) is 0.417. The standard InChI is InChI=1S/C12H17N3O/c1-2-15(9-4-5-9)11-6-3-8(12(14)16)7-10(11)13/h3,6-7,9H,2,4-5,13H2,1H3,(H2,14,16). The summed E-state index contributed by atoms with van der Waals surface area (Å²) in [5.74, 6) is -0.437. The lowest BCUT2D eigenvalue weighted by molar-refractivity contribution is 0.100. The van der Waals surface area contributed by atoms with E-state index in [0.717, 1.165) is 12.2 Å². The van der Waals surface area contributed by atoms with Crippen LogP contribution >= 0.6 is 0 Å². The number of nitrogen functional groups attached to an aromatic ring is 1. The van der Waals surface area contributed by atoms with E-state index in [1.165, 1.54) is 12.8 Å². The number of carbonyl (C=O) groups excluding carboxylic acids is 1. The molecule has 1 fully saturated rings. The van der Waals surface area contributed by atoms with Crippen molar-refractivity contribution in [2.75, 3.05) is 17.2 Å². The summed E-state index contributed by atoms with van der Waals surface area (Å²) < 4.78 is 0. The van der Waals surface area contributed by atoms with E-state index < -0.39 is 5.91 Å². The first kappa shape index (κ1) is 10.8. The van der Waals surface area contributed by atoms with Crippen LogP contribution in [-0.2, 0) is 0 Å². The second-order valence-electron chi connectivity index (χ2n) is 4.16. The van der Waals surface area contributed by atoms with Crippen molar-refractivity contribution in [3.05, 3.63) is 23.8 Å². The summed E-state index contributed by atoms with van der Waals surface area (Å²) in [5.41, 5.74) is 13.3. The van der Waals surface area contributed by atoms with Gasteiger partial charge in [0.05, 0.1) is 11.4 Å². The first-order chi connectivity index (χ1) is 7.63. The maximum absolute atomic E-state index is 11.0. The van der Waals surface area contributed by atoms with Gasteiger partial charge in [0.1, 0.15) is 0 Å². The molecular formula is C12H17N3O. The maximum Gasteiger partial charge on any atom is 0.248 e. The van der Waals surface area contributed by atoms with E-state index >= 15 is 0 Å². The third-order valence-electron chi connectivity index (χ3n) is 2.95. The molecule has 1 saturated carbocycles. The second-order valence-corrected chi connectivity index (χ2v) is 4.16. The summed E-state index contributed by atoms with van der Waals surface area (Å²) in [5, 5.41) is 0. The van der Waals surface area contributed by atoms with Gasteiger partial charge in [-0.15, -0.1) is 0 Å². The molecule has 1 aliphatic rings. The van der Waals surface area contributed by atoms with Crippen LogP contribution in [0.15, 0.2) is 18.2 Å². The number of anilines is 2. The summed E-state index contributed by atoms with van der Waals surface area (Å²) in [6, 6.07) is 5.89. The van der Waals surface area contributed by atoms with Gasteiger partial charge < -0.3 is 16.4 Å². The average molecular weight is 219 g/mol. The van der Waals surface area contributed by atoms with Crippen LogP contribution in [0.3, 0.4) is 0 Å². The van der Waals surface area contributed by atoms with Gasteiger partial charge in [0.25, 0.3) is 0 Å². The largest absolute Gasteiger partial charge is 0.397 e. The molecule has 0 bridgehead atoms. The number of primary amides is 1. The predicted molar refractivity (Wildman–Crippen MR) is 65.4 cm³/mol. The van der Waals surface area contributed by atoms with Crippen LogP contribution in [0.5, 0.6) is 0 Å². The molecule has 1 aliphatic carbocycles. The van der Waals surface area contributed by atoms with Gasteiger partial charge >= 0.3 is 0 Å². The number of benzene rings is 1. The molecule has 16 heavy (non-hydrogen) atoms. The van der Waals surface area contributed by atoms with Gasteiger partial charge in [0.15, 0.2) is 0 Å². The molecule has 0 radical (unpaired) electrons. The second kappa shape index (κ2) is 4.04. The van der Waals surface area contributed by atoms with E-state index in [1.807, 2.05) is 6.07 Å². The quantitative estimate of drug-likeness (QED) is 0.751. The maximum atomic E-state index is 11.0. The summed E-state index contributed by atoms with van der Waals surface area (Å²) >= 11 is 0. The summed E-state index contributed by atoms with van der Waals surface area (Å²) in [6.07, 6.45) is 2.45. The Morgan fingerprint density at radius 2 is 2.19 bits per heavy atom. The lowest BCUT2D eigenvalue weighted by atomic mass is 10.1. The van der Waals surface area contributed by atoms with E-state index in [-0.39, 0.29) is 0 Å². The molecule has 86 valence electrons. The molecule has 0 heterocycles. The molecule has 1 aromatic rings. The van der Waals surface area contributed by atoms with Crippen LogP contribution in [0.25, 0.3) is 0 Å². The van der Waals surface area contributed by atoms with Crippen LogP contribution < -0.4 is 16.4 Å². The highest BCUT2D eigenvalue weighted by molar-refractivity contribution is 5.94. The van der Waals surface area contributed by atoms with Gasteiger partial charge in [-0.2, -0.15) is 0 Å². The third-order valence-corrected chi connectivity index (χ3v) is 2.95. The van der Waals surface area contributed by atoms with E-state index in [0.29, 0.717) is 17.3 Å². The van der Waals surface area contributed by atoms with E-state index in [1.54, 1.807) is 12.1 Å². The van der Waals surface area contributed by atoms with Crippen molar-refractivity contribution in [2.24, 2.45) is 5.73 Å². The molecule has 4 nitrogen and oxygen atoms in total. The van der Waals surface area contributed by atoms with Crippen molar-refractivity contribution in [1.29, 1.82) is 0 Å². The first-order valence-corrected chi connectivity index (χ1v) is 5.59. The minimum atomic E-state index is -0.437. The molecular weight excluding hydrogens is 202 g/mol. The summed E-state index contributed by atoms with van der Waals surface area (Å²) in [4.78, 5) is 13.3. The number of rotatable bonds is 4. The fourth-order valence-corrected chi connectivity index (χ4v) is 1.98. The zero-order valence-corrected chi connectivity index (χ0v) is 9.44. The number of amides is 1. The zero-order chi connectivity index (χ0) is 11.7. The third kappa shape index (κ3) is 1.96. The number of nitrogens with zero attached hydrogens (tertiary/aromatic N) is 1. The molecule has 4 heteroatoms. The molecule has 1 aromatic carbocycles. The van der Waals surface area contributed by atoms with Crippen LogP contribution in [-0.4, -0.2) is 18.5 Å². The molecule has 0 aliphatic heterocycles. The predicted octanol–water partition coefficient (Wildman–Crippen LogP) is 1.36. The Balaban J connectivity index is 2.30. The van der Waals surface area contributed by atoms with E-state index in [2.05, 4.69) is 11.8 Å². The van der Waals surface area contributed by atoms with Crippen molar-refractivity contribution in [3.8, 4) is 0 Å². The smallest absolute Gasteiger partial charge is 0.248 e. The molecule has 0 spiro atoms. The average Bonchev–Trinajstić information content (AvgIpc) is 3.05. The van der Waals surface area contributed by atoms with Crippen LogP contribution in [0.4, 0.5) is 11.4 Å². The lowest BCUT2D eigenvalue weighted by Gasteiger charge is -2.24. The molecule has 1 amide bonds. The Morgan fingerprint density at radius 1 is 1.50 bits per heavy atom. The van der Waals surface area contributed by atoms with E-state index in [4.69, 9.17) is 11.5 Å². The molecule has 2 rings (SSSR count). The van der Waals surface area contributed by atoms with Crippen molar-refractivity contribution < 1.29 is 4.79 Å². The van der Waals surface area contributed by atoms with Crippen LogP contribution in [0.1, 0.15) is 30.1 Å². The van der Waals surface area contributed by atoms with Gasteiger partial charge in [-0.1, -0.05) is 0 Å². The topological polar surface area (TPSA) is 72.3 Å². The number of hydrogen-bond acceptors (Lipinski definition) is 3. The number of hydrogen-bond donors (Lipinski definition) is 2. The van der Waals surface area contributed by atoms with Crippen LogP contribution in [0, 0.1) is 0 Å². The van der Waals surface area contributed by atoms with E-state index in [9.17, 15) is 4.79 Å². The molecule has 0 unspecified atom stereocenters. The highest BCUT2D eigenvalue weighted by Gasteiger charge is 2.29. The lowest BCUT2D eigenvalue weighted by Crippen LogP contribution is -2.26. The molecule has 4 N–H and O–H groups in total. The molecule has 0 atom stereocenters. The number of nitrogens with two attached hydrogens (primary N) is 2. The van der Waals surface area contributed by atoms with Gasteiger partial charge in [-0.25, -0.2) is 0 Å². The summed E-state index contributed by atoms with van der Waals surface area (Å²) in [7, 11) is 0. The molecule has 0 aromatic heterocycles. The molecule has 0 saturated heterocycles. The van der Waals surface area contributed by atoms with Gasteiger partial charge in [-0.05, 0) is 38.0 Å². The van der Waals surface area contributed by atoms with Crippen molar-refractivity contribution in [2.45, 2.75) is 25.8 Å². The Labute approximate surface area is 95.2 Å². The fourth-order valence-electron chi connectivity index (χ4n) is 1.98. The van der Waals surface area contributed by atoms with Gasteiger partial charge in [0.2, 0.25) is 5.91 Å². The first-order valence-electron chi connectivity index (χ1n) is 5.59. The Kier molecular flexibility index (Phi) is 2.73. The zero-order valence-electron chi connectivity index (χ0n) is 9.44. The summed E-state index contributed by atoms with van der Waals surface area (Å²) in [6.45, 7) is 3.05. The monoisotopic (exact) mass is 219 g/mol. The minimum absolute atomic E-state index is 0.437.